The number of anilines is 1. The molecule has 17 heavy (non-hydrogen) atoms. The predicted octanol–water partition coefficient (Wildman–Crippen LogP) is 2.28. The third-order valence-corrected chi connectivity index (χ3v) is 3.19. The molecule has 2 rings (SSSR count). The zero-order chi connectivity index (χ0) is 12.4. The molecular weight excluding hydrogens is 218 g/mol. The molecule has 0 saturated heterocycles. The maximum atomic E-state index is 11.1. The highest BCUT2D eigenvalue weighted by atomic mass is 16.5. The summed E-state index contributed by atoms with van der Waals surface area (Å²) in [4.78, 5) is 11.1. The van der Waals surface area contributed by atoms with Crippen LogP contribution in [-0.2, 0) is 4.74 Å². The van der Waals surface area contributed by atoms with E-state index < -0.39 is 5.97 Å². The van der Waals surface area contributed by atoms with Gasteiger partial charge in [0.15, 0.2) is 0 Å². The summed E-state index contributed by atoms with van der Waals surface area (Å²) < 4.78 is 5.20. The lowest BCUT2D eigenvalue weighted by Gasteiger charge is -2.35. The highest BCUT2D eigenvalue weighted by molar-refractivity contribution is 5.94. The van der Waals surface area contributed by atoms with Gasteiger partial charge in [0.25, 0.3) is 0 Å². The van der Waals surface area contributed by atoms with Crippen molar-refractivity contribution in [2.45, 2.75) is 31.9 Å². The summed E-state index contributed by atoms with van der Waals surface area (Å²) in [6.07, 6.45) is 2.18. The Morgan fingerprint density at radius 2 is 2.18 bits per heavy atom. The lowest BCUT2D eigenvalue weighted by molar-refractivity contribution is 0.0328. The SMILES string of the molecule is COC1CC(Nc2cc(C)ccc2C(=O)O)C1. The largest absolute Gasteiger partial charge is 0.478 e. The lowest BCUT2D eigenvalue weighted by Crippen LogP contribution is -2.40. The molecule has 0 spiro atoms. The Bertz CT molecular complexity index is 425. The second-order valence-electron chi connectivity index (χ2n) is 4.52. The molecule has 92 valence electrons. The first-order chi connectivity index (χ1) is 8.10. The molecule has 1 aliphatic carbocycles. The Kier molecular flexibility index (Phi) is 3.33. The van der Waals surface area contributed by atoms with Crippen LogP contribution in [0, 0.1) is 6.92 Å². The third-order valence-electron chi connectivity index (χ3n) is 3.19. The molecule has 2 N–H and O–H groups in total. The average molecular weight is 235 g/mol. The summed E-state index contributed by atoms with van der Waals surface area (Å²) in [5.74, 6) is -0.893. The number of benzene rings is 1. The minimum Gasteiger partial charge on any atom is -0.478 e. The molecule has 0 radical (unpaired) electrons. The summed E-state index contributed by atoms with van der Waals surface area (Å²) >= 11 is 0. The van der Waals surface area contributed by atoms with Gasteiger partial charge < -0.3 is 15.2 Å². The van der Waals surface area contributed by atoms with Crippen molar-refractivity contribution in [1.82, 2.24) is 0 Å². The van der Waals surface area contributed by atoms with Crippen LogP contribution in [0.1, 0.15) is 28.8 Å². The lowest BCUT2D eigenvalue weighted by atomic mass is 9.89. The van der Waals surface area contributed by atoms with Gasteiger partial charge in [-0.1, -0.05) is 6.07 Å². The molecule has 0 aliphatic heterocycles. The van der Waals surface area contributed by atoms with Gasteiger partial charge in [-0.15, -0.1) is 0 Å². The number of ether oxygens (including phenoxy) is 1. The Morgan fingerprint density at radius 1 is 1.47 bits per heavy atom. The van der Waals surface area contributed by atoms with Crippen LogP contribution in [0.2, 0.25) is 0 Å². The van der Waals surface area contributed by atoms with E-state index in [1.807, 2.05) is 19.1 Å². The average Bonchev–Trinajstić information content (AvgIpc) is 2.22. The molecule has 4 heteroatoms. The summed E-state index contributed by atoms with van der Waals surface area (Å²) in [7, 11) is 1.70. The highest BCUT2D eigenvalue weighted by Gasteiger charge is 2.29. The van der Waals surface area contributed by atoms with Gasteiger partial charge >= 0.3 is 5.97 Å². The van der Waals surface area contributed by atoms with Crippen LogP contribution in [-0.4, -0.2) is 30.3 Å². The minimum absolute atomic E-state index is 0.311. The van der Waals surface area contributed by atoms with Crippen LogP contribution in [0.5, 0.6) is 0 Å². The fourth-order valence-corrected chi connectivity index (χ4v) is 2.06. The number of hydrogen-bond donors (Lipinski definition) is 2. The van der Waals surface area contributed by atoms with E-state index in [-0.39, 0.29) is 0 Å². The number of nitrogens with one attached hydrogen (secondary N) is 1. The van der Waals surface area contributed by atoms with Gasteiger partial charge in [0, 0.05) is 18.8 Å². The van der Waals surface area contributed by atoms with Crippen molar-refractivity contribution >= 4 is 11.7 Å². The Hall–Kier alpha value is -1.55. The second kappa shape index (κ2) is 4.75. The van der Waals surface area contributed by atoms with Gasteiger partial charge in [-0.2, -0.15) is 0 Å². The molecule has 0 unspecified atom stereocenters. The fourth-order valence-electron chi connectivity index (χ4n) is 2.06. The molecule has 0 amide bonds. The van der Waals surface area contributed by atoms with Crippen molar-refractivity contribution in [3.63, 3.8) is 0 Å². The van der Waals surface area contributed by atoms with E-state index >= 15 is 0 Å². The van der Waals surface area contributed by atoms with Crippen molar-refractivity contribution in [2.24, 2.45) is 0 Å². The molecule has 0 bridgehead atoms. The summed E-state index contributed by atoms with van der Waals surface area (Å²) in [6, 6.07) is 5.66. The first kappa shape index (κ1) is 11.9. The van der Waals surface area contributed by atoms with Crippen LogP contribution >= 0.6 is 0 Å². The predicted molar refractivity (Wildman–Crippen MR) is 65.6 cm³/mol. The fraction of sp³-hybridized carbons (Fsp3) is 0.462. The smallest absolute Gasteiger partial charge is 0.337 e. The van der Waals surface area contributed by atoms with E-state index in [4.69, 9.17) is 9.84 Å². The molecular formula is C13H17NO3. The molecule has 1 aromatic carbocycles. The van der Waals surface area contributed by atoms with E-state index in [0.717, 1.165) is 18.4 Å². The standard InChI is InChI=1S/C13H17NO3/c1-8-3-4-11(13(15)16)12(5-8)14-9-6-10(7-9)17-2/h3-5,9-10,14H,6-7H2,1-2H3,(H,15,16). The quantitative estimate of drug-likeness (QED) is 0.840. The minimum atomic E-state index is -0.893. The first-order valence-electron chi connectivity index (χ1n) is 5.73. The second-order valence-corrected chi connectivity index (χ2v) is 4.52. The van der Waals surface area contributed by atoms with Crippen molar-refractivity contribution in [3.05, 3.63) is 29.3 Å². The molecule has 1 saturated carbocycles. The van der Waals surface area contributed by atoms with Gasteiger partial charge in [-0.05, 0) is 37.5 Å². The van der Waals surface area contributed by atoms with Crippen molar-refractivity contribution in [3.8, 4) is 0 Å². The molecule has 4 nitrogen and oxygen atoms in total. The topological polar surface area (TPSA) is 58.6 Å². The van der Waals surface area contributed by atoms with Gasteiger partial charge in [0.1, 0.15) is 0 Å². The van der Waals surface area contributed by atoms with Gasteiger partial charge in [-0.3, -0.25) is 0 Å². The molecule has 0 atom stereocenters. The van der Waals surface area contributed by atoms with Gasteiger partial charge in [-0.25, -0.2) is 4.79 Å². The molecule has 1 aromatic rings. The zero-order valence-electron chi connectivity index (χ0n) is 10.1. The summed E-state index contributed by atoms with van der Waals surface area (Å²) in [6.45, 7) is 1.95. The van der Waals surface area contributed by atoms with Crippen molar-refractivity contribution < 1.29 is 14.6 Å². The number of carbonyl (C=O) groups is 1. The number of carboxylic acids is 1. The highest BCUT2D eigenvalue weighted by Crippen LogP contribution is 2.28. The molecule has 0 heterocycles. The Balaban J connectivity index is 2.09. The molecule has 1 aliphatic rings. The number of aryl methyl sites for hydroxylation is 1. The summed E-state index contributed by atoms with van der Waals surface area (Å²) in [5, 5.41) is 12.4. The van der Waals surface area contributed by atoms with E-state index in [0.29, 0.717) is 23.4 Å². The van der Waals surface area contributed by atoms with Crippen LogP contribution < -0.4 is 5.32 Å². The summed E-state index contributed by atoms with van der Waals surface area (Å²) in [5.41, 5.74) is 2.09. The van der Waals surface area contributed by atoms with E-state index in [1.54, 1.807) is 13.2 Å². The van der Waals surface area contributed by atoms with E-state index in [1.165, 1.54) is 0 Å². The normalized spacial score (nSPS) is 22.9. The molecule has 1 fully saturated rings. The van der Waals surface area contributed by atoms with Gasteiger partial charge in [0.2, 0.25) is 0 Å². The van der Waals surface area contributed by atoms with Crippen molar-refractivity contribution in [1.29, 1.82) is 0 Å². The number of aromatic carboxylic acids is 1. The third kappa shape index (κ3) is 2.58. The zero-order valence-corrected chi connectivity index (χ0v) is 10.1. The Labute approximate surface area is 101 Å². The number of rotatable bonds is 4. The van der Waals surface area contributed by atoms with Gasteiger partial charge in [0.05, 0.1) is 11.7 Å². The van der Waals surface area contributed by atoms with E-state index in [2.05, 4.69) is 5.32 Å². The van der Waals surface area contributed by atoms with E-state index in [9.17, 15) is 4.79 Å². The van der Waals surface area contributed by atoms with Crippen molar-refractivity contribution in [2.75, 3.05) is 12.4 Å². The maximum Gasteiger partial charge on any atom is 0.337 e. The van der Waals surface area contributed by atoms with Crippen LogP contribution in [0.4, 0.5) is 5.69 Å². The van der Waals surface area contributed by atoms with Crippen LogP contribution in [0.25, 0.3) is 0 Å². The van der Waals surface area contributed by atoms with Crippen LogP contribution in [0.3, 0.4) is 0 Å². The number of carboxylic acid groups (broad SMARTS) is 1. The molecule has 0 aromatic heterocycles. The number of hydrogen-bond acceptors (Lipinski definition) is 3. The maximum absolute atomic E-state index is 11.1. The van der Waals surface area contributed by atoms with Crippen LogP contribution in [0.15, 0.2) is 18.2 Å². The monoisotopic (exact) mass is 235 g/mol. The first-order valence-corrected chi connectivity index (χ1v) is 5.73. The number of methoxy groups -OCH3 is 1. The Morgan fingerprint density at radius 3 is 2.76 bits per heavy atom.